The van der Waals surface area contributed by atoms with Gasteiger partial charge >= 0.3 is 5.97 Å². The SMILES string of the molecule is Cc1ccccc1CN1Cc2cc3c(cc2C[C@H]1C(=O)N[C@@H](Cc1ccc(-c2ccc(C#N)cc2)cc1)C(=O)O)OCC(c1ccc(OCc2ccc(Cl)c(Cl)c2)cc1)O3. The van der Waals surface area contributed by atoms with E-state index in [9.17, 15) is 14.7 Å². The highest BCUT2D eigenvalue weighted by molar-refractivity contribution is 6.42. The molecule has 11 heteroatoms. The van der Waals surface area contributed by atoms with E-state index in [4.69, 9.17) is 42.7 Å². The molecule has 2 N–H and O–H groups in total. The Hall–Kier alpha value is -6.31. The predicted octanol–water partition coefficient (Wildman–Crippen LogP) is 9.67. The van der Waals surface area contributed by atoms with Crippen molar-refractivity contribution in [3.8, 4) is 34.4 Å². The van der Waals surface area contributed by atoms with Crippen LogP contribution in [0.4, 0.5) is 0 Å². The number of halogens is 2. The van der Waals surface area contributed by atoms with Gasteiger partial charge in [0.05, 0.1) is 27.7 Å². The molecule has 8 rings (SSSR count). The summed E-state index contributed by atoms with van der Waals surface area (Å²) in [6.45, 7) is 3.63. The number of carbonyl (C=O) groups excluding carboxylic acids is 1. The minimum atomic E-state index is -1.14. The Morgan fingerprint density at radius 3 is 2.27 bits per heavy atom. The molecule has 3 atom stereocenters. The van der Waals surface area contributed by atoms with Crippen LogP contribution in [-0.2, 0) is 42.1 Å². The van der Waals surface area contributed by atoms with Gasteiger partial charge in [-0.2, -0.15) is 5.26 Å². The van der Waals surface area contributed by atoms with Crippen LogP contribution in [-0.4, -0.2) is 40.6 Å². The van der Waals surface area contributed by atoms with Gasteiger partial charge < -0.3 is 24.6 Å². The van der Waals surface area contributed by atoms with Crippen LogP contribution in [0.25, 0.3) is 11.1 Å². The minimum Gasteiger partial charge on any atom is -0.489 e. The van der Waals surface area contributed by atoms with Crippen LogP contribution in [0.2, 0.25) is 10.0 Å². The number of aryl methyl sites for hydroxylation is 1. The Morgan fingerprint density at radius 1 is 0.867 bits per heavy atom. The molecule has 0 spiro atoms. The highest BCUT2D eigenvalue weighted by atomic mass is 35.5. The van der Waals surface area contributed by atoms with E-state index in [1.165, 1.54) is 0 Å². The number of hydrogen-bond acceptors (Lipinski definition) is 7. The molecule has 0 radical (unpaired) electrons. The van der Waals surface area contributed by atoms with E-state index in [0.29, 0.717) is 65.6 Å². The number of benzene rings is 6. The van der Waals surface area contributed by atoms with Crippen molar-refractivity contribution < 1.29 is 28.9 Å². The zero-order valence-electron chi connectivity index (χ0n) is 32.7. The number of amides is 1. The topological polar surface area (TPSA) is 121 Å². The van der Waals surface area contributed by atoms with Crippen molar-refractivity contribution >= 4 is 35.1 Å². The first-order valence-corrected chi connectivity index (χ1v) is 20.4. The van der Waals surface area contributed by atoms with Crippen molar-refractivity contribution in [3.63, 3.8) is 0 Å². The van der Waals surface area contributed by atoms with Crippen LogP contribution in [0, 0.1) is 18.3 Å². The molecule has 6 aromatic rings. The lowest BCUT2D eigenvalue weighted by atomic mass is 9.91. The third-order valence-corrected chi connectivity index (χ3v) is 11.8. The molecule has 302 valence electrons. The van der Waals surface area contributed by atoms with Crippen LogP contribution in [0.3, 0.4) is 0 Å². The first kappa shape index (κ1) is 40.5. The molecule has 0 saturated heterocycles. The monoisotopic (exact) mass is 837 g/mol. The second-order valence-corrected chi connectivity index (χ2v) is 15.9. The molecule has 2 heterocycles. The Balaban J connectivity index is 0.968. The fraction of sp³-hybridized carbons (Fsp3) is 0.204. The van der Waals surface area contributed by atoms with Crippen LogP contribution in [0.1, 0.15) is 50.6 Å². The number of carboxylic acids is 1. The van der Waals surface area contributed by atoms with Gasteiger partial charge in [-0.05, 0) is 112 Å². The standard InChI is InChI=1S/C49H41Cl2N3O6/c1-30-4-2-3-5-37(30)26-54-27-39-24-46-45(59-29-47(60-46)36-15-17-40(18-16-36)58-28-33-10-19-41(50)42(51)20-33)23-38(39)22-44(54)48(55)53-43(49(56)57)21-31-6-11-34(12-7-31)35-13-8-32(25-52)9-14-35/h2-20,23-24,43-44,47H,21-22,26-29H2,1H3,(H,53,55)(H,56,57)/t43-,44-,47?/m0/s1. The summed E-state index contributed by atoms with van der Waals surface area (Å²) in [4.78, 5) is 28.9. The third-order valence-electron chi connectivity index (χ3n) is 11.1. The number of carboxylic acid groups (broad SMARTS) is 1. The van der Waals surface area contributed by atoms with Crippen LogP contribution in [0.5, 0.6) is 17.2 Å². The van der Waals surface area contributed by atoms with E-state index in [0.717, 1.165) is 50.1 Å². The summed E-state index contributed by atoms with van der Waals surface area (Å²) in [6.07, 6.45) is 0.136. The maximum absolute atomic E-state index is 14.2. The molecule has 1 unspecified atom stereocenters. The smallest absolute Gasteiger partial charge is 0.326 e. The molecule has 6 aromatic carbocycles. The van der Waals surface area contributed by atoms with Crippen molar-refractivity contribution in [2.24, 2.45) is 0 Å². The van der Waals surface area contributed by atoms with E-state index in [1.54, 1.807) is 24.3 Å². The molecule has 9 nitrogen and oxygen atoms in total. The molecule has 60 heavy (non-hydrogen) atoms. The lowest BCUT2D eigenvalue weighted by molar-refractivity contribution is -0.142. The van der Waals surface area contributed by atoms with Gasteiger partial charge in [0.1, 0.15) is 25.0 Å². The largest absolute Gasteiger partial charge is 0.489 e. The van der Waals surface area contributed by atoms with E-state index in [2.05, 4.69) is 22.4 Å². The third kappa shape index (κ3) is 9.27. The van der Waals surface area contributed by atoms with Crippen molar-refractivity contribution in [1.82, 2.24) is 10.2 Å². The Kier molecular flexibility index (Phi) is 12.1. The normalized spacial score (nSPS) is 16.2. The van der Waals surface area contributed by atoms with Gasteiger partial charge in [0.2, 0.25) is 5.91 Å². The number of ether oxygens (including phenoxy) is 3. The number of hydrogen-bond donors (Lipinski definition) is 2. The lowest BCUT2D eigenvalue weighted by Gasteiger charge is -2.38. The number of nitrogens with zero attached hydrogens (tertiary/aromatic N) is 2. The number of aliphatic carboxylic acids is 1. The molecular formula is C49H41Cl2N3O6. The lowest BCUT2D eigenvalue weighted by Crippen LogP contribution is -2.54. The molecule has 0 bridgehead atoms. The number of nitrogens with one attached hydrogen (secondary N) is 1. The number of fused-ring (bicyclic) bond motifs is 2. The minimum absolute atomic E-state index is 0.115. The zero-order valence-corrected chi connectivity index (χ0v) is 34.2. The molecular weight excluding hydrogens is 797 g/mol. The van der Waals surface area contributed by atoms with Crippen molar-refractivity contribution in [2.75, 3.05) is 6.61 Å². The molecule has 0 saturated carbocycles. The van der Waals surface area contributed by atoms with Gasteiger partial charge in [-0.15, -0.1) is 0 Å². The van der Waals surface area contributed by atoms with Gasteiger partial charge in [0.25, 0.3) is 0 Å². The summed E-state index contributed by atoms with van der Waals surface area (Å²) in [5.41, 5.74) is 9.23. The number of rotatable bonds is 12. The van der Waals surface area contributed by atoms with Gasteiger partial charge in [-0.3, -0.25) is 9.69 Å². The van der Waals surface area contributed by atoms with E-state index >= 15 is 0 Å². The first-order chi connectivity index (χ1) is 29.1. The molecule has 2 aliphatic rings. The zero-order chi connectivity index (χ0) is 41.8. The quantitative estimate of drug-likeness (QED) is 0.125. The Morgan fingerprint density at radius 2 is 1.57 bits per heavy atom. The second-order valence-electron chi connectivity index (χ2n) is 15.1. The summed E-state index contributed by atoms with van der Waals surface area (Å²) in [6, 6.07) is 40.4. The number of carbonyl (C=O) groups is 2. The maximum Gasteiger partial charge on any atom is 0.326 e. The van der Waals surface area contributed by atoms with Gasteiger partial charge in [-0.25, -0.2) is 4.79 Å². The molecule has 0 aromatic heterocycles. The highest BCUT2D eigenvalue weighted by Gasteiger charge is 2.36. The highest BCUT2D eigenvalue weighted by Crippen LogP contribution is 2.41. The molecule has 0 fully saturated rings. The van der Waals surface area contributed by atoms with E-state index in [-0.39, 0.29) is 18.4 Å². The summed E-state index contributed by atoms with van der Waals surface area (Å²) in [5.74, 6) is 0.467. The van der Waals surface area contributed by atoms with E-state index < -0.39 is 18.1 Å². The molecule has 2 aliphatic heterocycles. The summed E-state index contributed by atoms with van der Waals surface area (Å²) < 4.78 is 18.8. The Bertz CT molecular complexity index is 2570. The van der Waals surface area contributed by atoms with Crippen LogP contribution in [0.15, 0.2) is 127 Å². The fourth-order valence-corrected chi connectivity index (χ4v) is 7.97. The predicted molar refractivity (Wildman–Crippen MR) is 230 cm³/mol. The van der Waals surface area contributed by atoms with Crippen LogP contribution >= 0.6 is 23.2 Å². The summed E-state index contributed by atoms with van der Waals surface area (Å²) >= 11 is 12.2. The average molecular weight is 839 g/mol. The van der Waals surface area contributed by atoms with Gasteiger partial charge in [0.15, 0.2) is 17.6 Å². The second kappa shape index (κ2) is 17.9. The van der Waals surface area contributed by atoms with Crippen LogP contribution < -0.4 is 19.5 Å². The van der Waals surface area contributed by atoms with Crippen molar-refractivity contribution in [2.45, 2.75) is 57.6 Å². The Labute approximate surface area is 358 Å². The maximum atomic E-state index is 14.2. The molecule has 1 amide bonds. The summed E-state index contributed by atoms with van der Waals surface area (Å²) in [5, 5.41) is 23.3. The van der Waals surface area contributed by atoms with Gasteiger partial charge in [0, 0.05) is 19.5 Å². The van der Waals surface area contributed by atoms with Crippen molar-refractivity contribution in [3.05, 3.63) is 182 Å². The van der Waals surface area contributed by atoms with Crippen molar-refractivity contribution in [1.29, 1.82) is 5.26 Å². The van der Waals surface area contributed by atoms with Gasteiger partial charge in [-0.1, -0.05) is 102 Å². The van der Waals surface area contributed by atoms with E-state index in [1.807, 2.05) is 104 Å². The number of nitriles is 1. The average Bonchev–Trinajstić information content (AvgIpc) is 3.26. The fourth-order valence-electron chi connectivity index (χ4n) is 7.65. The molecule has 0 aliphatic carbocycles. The first-order valence-electron chi connectivity index (χ1n) is 19.6. The summed E-state index contributed by atoms with van der Waals surface area (Å²) in [7, 11) is 0.